The summed E-state index contributed by atoms with van der Waals surface area (Å²) in [5.74, 6) is 0.864. The minimum Gasteiger partial charge on any atom is -0.494 e. The van der Waals surface area contributed by atoms with E-state index in [2.05, 4.69) is 23.2 Å². The van der Waals surface area contributed by atoms with E-state index in [0.29, 0.717) is 5.56 Å². The van der Waals surface area contributed by atoms with Gasteiger partial charge in [-0.05, 0) is 55.0 Å². The van der Waals surface area contributed by atoms with Crippen molar-refractivity contribution in [1.82, 2.24) is 0 Å². The monoisotopic (exact) mass is 321 g/mol. The molecule has 0 radical (unpaired) electrons. The molecule has 0 fully saturated rings. The zero-order valence-corrected chi connectivity index (χ0v) is 14.1. The number of ether oxygens (including phenoxy) is 1. The topological polar surface area (TPSA) is 57.7 Å². The van der Waals surface area contributed by atoms with Crippen molar-refractivity contribution in [2.75, 3.05) is 6.61 Å². The summed E-state index contributed by atoms with van der Waals surface area (Å²) < 4.78 is 5.73. The van der Waals surface area contributed by atoms with Crippen LogP contribution >= 0.6 is 0 Å². The molecule has 0 aromatic heterocycles. The fourth-order valence-corrected chi connectivity index (χ4v) is 2.22. The van der Waals surface area contributed by atoms with Crippen LogP contribution in [0, 0.1) is 11.3 Å². The van der Waals surface area contributed by atoms with Crippen LogP contribution < -0.4 is 4.74 Å². The van der Waals surface area contributed by atoms with Gasteiger partial charge in [-0.25, -0.2) is 0 Å². The number of hydrogen-bond donors (Lipinski definition) is 0. The van der Waals surface area contributed by atoms with Crippen LogP contribution in [0.1, 0.15) is 44.6 Å². The van der Waals surface area contributed by atoms with Crippen LogP contribution in [0.2, 0.25) is 0 Å². The van der Waals surface area contributed by atoms with Crippen molar-refractivity contribution in [3.63, 3.8) is 0 Å². The van der Waals surface area contributed by atoms with Gasteiger partial charge in [-0.15, -0.1) is 0 Å². The van der Waals surface area contributed by atoms with Gasteiger partial charge in [0.25, 0.3) is 0 Å². The Morgan fingerprint density at radius 1 is 0.833 bits per heavy atom. The van der Waals surface area contributed by atoms with Gasteiger partial charge in [0.15, 0.2) is 0 Å². The Balaban J connectivity index is 1.78. The molecule has 0 unspecified atom stereocenters. The highest BCUT2D eigenvalue weighted by Crippen LogP contribution is 2.21. The van der Waals surface area contributed by atoms with E-state index < -0.39 is 0 Å². The third kappa shape index (κ3) is 6.21. The fourth-order valence-electron chi connectivity index (χ4n) is 2.22. The summed E-state index contributed by atoms with van der Waals surface area (Å²) in [6, 6.07) is 16.7. The van der Waals surface area contributed by atoms with Gasteiger partial charge in [-0.2, -0.15) is 15.5 Å². The van der Waals surface area contributed by atoms with Gasteiger partial charge in [0, 0.05) is 0 Å². The van der Waals surface area contributed by atoms with Gasteiger partial charge in [0.1, 0.15) is 5.75 Å². The van der Waals surface area contributed by atoms with Crippen molar-refractivity contribution < 1.29 is 4.74 Å². The first-order valence-electron chi connectivity index (χ1n) is 8.46. The highest BCUT2D eigenvalue weighted by atomic mass is 16.5. The molecule has 4 nitrogen and oxygen atoms in total. The Hall–Kier alpha value is -2.67. The predicted molar refractivity (Wildman–Crippen MR) is 96.0 cm³/mol. The van der Waals surface area contributed by atoms with Crippen molar-refractivity contribution in [3.8, 4) is 11.8 Å². The average molecular weight is 321 g/mol. The van der Waals surface area contributed by atoms with Crippen molar-refractivity contribution in [1.29, 1.82) is 5.26 Å². The molecule has 0 aliphatic carbocycles. The van der Waals surface area contributed by atoms with E-state index in [-0.39, 0.29) is 0 Å². The molecule has 0 aliphatic rings. The Bertz CT molecular complexity index is 670. The summed E-state index contributed by atoms with van der Waals surface area (Å²) in [6.07, 6.45) is 6.18. The molecule has 4 heteroatoms. The van der Waals surface area contributed by atoms with Crippen LogP contribution in [0.25, 0.3) is 0 Å². The lowest BCUT2D eigenvalue weighted by atomic mass is 10.2. The molecule has 2 aromatic rings. The number of nitrogens with zero attached hydrogens (tertiary/aromatic N) is 3. The van der Waals surface area contributed by atoms with Crippen LogP contribution in [0.4, 0.5) is 11.4 Å². The van der Waals surface area contributed by atoms with Gasteiger partial charge < -0.3 is 4.74 Å². The molecule has 0 atom stereocenters. The van der Waals surface area contributed by atoms with Crippen LogP contribution in [-0.2, 0) is 0 Å². The third-order valence-corrected chi connectivity index (χ3v) is 3.63. The van der Waals surface area contributed by atoms with Crippen LogP contribution in [0.3, 0.4) is 0 Å². The second kappa shape index (κ2) is 10.2. The van der Waals surface area contributed by atoms with Gasteiger partial charge in [0.05, 0.1) is 29.6 Å². The maximum absolute atomic E-state index is 8.76. The molecular formula is C20H23N3O. The molecule has 0 saturated carbocycles. The number of hydrogen-bond acceptors (Lipinski definition) is 4. The lowest BCUT2D eigenvalue weighted by molar-refractivity contribution is 0.304. The summed E-state index contributed by atoms with van der Waals surface area (Å²) in [5.41, 5.74) is 2.11. The second-order valence-electron chi connectivity index (χ2n) is 5.62. The molecule has 24 heavy (non-hydrogen) atoms. The number of rotatable bonds is 9. The van der Waals surface area contributed by atoms with Crippen LogP contribution in [0.15, 0.2) is 58.8 Å². The zero-order valence-electron chi connectivity index (χ0n) is 14.1. The molecule has 0 amide bonds. The van der Waals surface area contributed by atoms with Crippen molar-refractivity contribution in [2.45, 2.75) is 39.0 Å². The minimum absolute atomic E-state index is 0.616. The van der Waals surface area contributed by atoms with E-state index in [9.17, 15) is 0 Å². The summed E-state index contributed by atoms with van der Waals surface area (Å²) in [5, 5.41) is 17.1. The van der Waals surface area contributed by atoms with Crippen molar-refractivity contribution in [3.05, 3.63) is 54.1 Å². The van der Waals surface area contributed by atoms with Gasteiger partial charge >= 0.3 is 0 Å². The lowest BCUT2D eigenvalue weighted by Gasteiger charge is -2.05. The lowest BCUT2D eigenvalue weighted by Crippen LogP contribution is -1.96. The molecule has 124 valence electrons. The van der Waals surface area contributed by atoms with Gasteiger partial charge in [-0.1, -0.05) is 32.6 Å². The molecular weight excluding hydrogens is 298 g/mol. The maximum Gasteiger partial charge on any atom is 0.119 e. The number of azo groups is 1. The highest BCUT2D eigenvalue weighted by molar-refractivity contribution is 5.44. The SMILES string of the molecule is CCCCCCCOc1ccc(N=Nc2ccc(C#N)cc2)cc1. The number of unbranched alkanes of at least 4 members (excludes halogenated alkanes) is 4. The van der Waals surface area contributed by atoms with E-state index in [4.69, 9.17) is 10.00 Å². The standard InChI is InChI=1S/C20H23N3O/c1-2-3-4-5-6-15-24-20-13-11-19(12-14-20)23-22-18-9-7-17(16-21)8-10-18/h7-14H,2-6,15H2,1H3. The number of benzene rings is 2. The van der Waals surface area contributed by atoms with Crippen molar-refractivity contribution >= 4 is 11.4 Å². The second-order valence-corrected chi connectivity index (χ2v) is 5.62. The van der Waals surface area contributed by atoms with Gasteiger partial charge in [0.2, 0.25) is 0 Å². The zero-order chi connectivity index (χ0) is 17.0. The summed E-state index contributed by atoms with van der Waals surface area (Å²) in [7, 11) is 0. The van der Waals surface area contributed by atoms with E-state index >= 15 is 0 Å². The molecule has 0 spiro atoms. The third-order valence-electron chi connectivity index (χ3n) is 3.63. The summed E-state index contributed by atoms with van der Waals surface area (Å²) in [4.78, 5) is 0. The minimum atomic E-state index is 0.616. The first kappa shape index (κ1) is 17.7. The van der Waals surface area contributed by atoms with E-state index in [1.807, 2.05) is 24.3 Å². The van der Waals surface area contributed by atoms with E-state index in [1.165, 1.54) is 25.7 Å². The smallest absolute Gasteiger partial charge is 0.119 e. The Labute approximate surface area is 143 Å². The normalized spacial score (nSPS) is 10.7. The molecule has 2 aromatic carbocycles. The fraction of sp³-hybridized carbons (Fsp3) is 0.350. The molecule has 0 N–H and O–H groups in total. The van der Waals surface area contributed by atoms with E-state index in [1.54, 1.807) is 24.3 Å². The molecule has 0 saturated heterocycles. The first-order valence-corrected chi connectivity index (χ1v) is 8.46. The Kier molecular flexibility index (Phi) is 7.49. The Morgan fingerprint density at radius 2 is 1.42 bits per heavy atom. The first-order chi connectivity index (χ1) is 11.8. The van der Waals surface area contributed by atoms with Gasteiger partial charge in [-0.3, -0.25) is 0 Å². The maximum atomic E-state index is 8.76. The summed E-state index contributed by atoms with van der Waals surface area (Å²) >= 11 is 0. The highest BCUT2D eigenvalue weighted by Gasteiger charge is 1.96. The van der Waals surface area contributed by atoms with E-state index in [0.717, 1.165) is 30.2 Å². The quantitative estimate of drug-likeness (QED) is 0.400. The molecule has 0 heterocycles. The van der Waals surface area contributed by atoms with Crippen LogP contribution in [-0.4, -0.2) is 6.61 Å². The summed E-state index contributed by atoms with van der Waals surface area (Å²) in [6.45, 7) is 2.98. The molecule has 0 aliphatic heterocycles. The Morgan fingerprint density at radius 3 is 2.00 bits per heavy atom. The molecule has 2 rings (SSSR count). The predicted octanol–water partition coefficient (Wildman–Crippen LogP) is 6.32. The molecule has 0 bridgehead atoms. The number of nitriles is 1. The van der Waals surface area contributed by atoms with Crippen molar-refractivity contribution in [2.24, 2.45) is 10.2 Å². The average Bonchev–Trinajstić information content (AvgIpc) is 2.64. The largest absolute Gasteiger partial charge is 0.494 e. The van der Waals surface area contributed by atoms with Crippen LogP contribution in [0.5, 0.6) is 5.75 Å².